The Morgan fingerprint density at radius 2 is 1.55 bits per heavy atom. The van der Waals surface area contributed by atoms with Gasteiger partial charge in [0.05, 0.1) is 0 Å². The molecule has 164 valence electrons. The topological polar surface area (TPSA) is 3.24 Å². The molecule has 0 saturated heterocycles. The summed E-state index contributed by atoms with van der Waals surface area (Å²) in [5.74, 6) is 0.454. The van der Waals surface area contributed by atoms with Crippen LogP contribution in [0.2, 0.25) is 0 Å². The van der Waals surface area contributed by atoms with Gasteiger partial charge in [0.15, 0.2) is 0 Å². The van der Waals surface area contributed by atoms with Crippen LogP contribution in [0.4, 0.5) is 11.4 Å². The van der Waals surface area contributed by atoms with Crippen LogP contribution in [0.25, 0.3) is 0 Å². The van der Waals surface area contributed by atoms with E-state index in [4.69, 9.17) is 0 Å². The first-order valence-corrected chi connectivity index (χ1v) is 12.5. The quantitative estimate of drug-likeness (QED) is 0.444. The minimum atomic E-state index is 0.454. The summed E-state index contributed by atoms with van der Waals surface area (Å²) >= 11 is 0. The summed E-state index contributed by atoms with van der Waals surface area (Å²) in [6, 6.07) is 21.5. The number of nitrogens with zero attached hydrogens (tertiary/aromatic N) is 1. The highest BCUT2D eigenvalue weighted by Gasteiger charge is 2.36. The van der Waals surface area contributed by atoms with E-state index in [1.54, 1.807) is 27.9 Å². The number of para-hydroxylation sites is 2. The molecule has 0 N–H and O–H groups in total. The molecule has 0 aromatic heterocycles. The second-order valence-electron chi connectivity index (χ2n) is 9.61. The van der Waals surface area contributed by atoms with E-state index in [-0.39, 0.29) is 0 Å². The third-order valence-electron chi connectivity index (χ3n) is 7.43. The minimum Gasteiger partial charge on any atom is -0.310 e. The van der Waals surface area contributed by atoms with Gasteiger partial charge in [0, 0.05) is 23.0 Å². The average molecular weight is 430 g/mol. The van der Waals surface area contributed by atoms with Crippen LogP contribution < -0.4 is 4.90 Å². The van der Waals surface area contributed by atoms with E-state index in [0.29, 0.717) is 5.92 Å². The third kappa shape index (κ3) is 3.66. The summed E-state index contributed by atoms with van der Waals surface area (Å²) < 4.78 is 0. The highest BCUT2D eigenvalue weighted by atomic mass is 15.1. The molecule has 1 heteroatoms. The van der Waals surface area contributed by atoms with Crippen LogP contribution in [-0.2, 0) is 0 Å². The maximum atomic E-state index is 2.56. The molecule has 1 nitrogen and oxygen atoms in total. The lowest BCUT2D eigenvalue weighted by molar-refractivity contribution is 0.681. The van der Waals surface area contributed by atoms with Crippen LogP contribution >= 0.6 is 0 Å². The molecule has 33 heavy (non-hydrogen) atoms. The Morgan fingerprint density at radius 1 is 0.818 bits per heavy atom. The second-order valence-corrected chi connectivity index (χ2v) is 9.61. The van der Waals surface area contributed by atoms with Crippen LogP contribution in [0.1, 0.15) is 45.4 Å². The van der Waals surface area contributed by atoms with Gasteiger partial charge in [0.25, 0.3) is 0 Å². The molecule has 0 radical (unpaired) electrons. The maximum absolute atomic E-state index is 2.56. The smallest absolute Gasteiger partial charge is 0.0464 e. The number of benzene rings is 2. The number of unbranched alkanes of at least 4 members (excludes halogenated alkanes) is 1. The van der Waals surface area contributed by atoms with Crippen LogP contribution in [-0.4, -0.2) is 0 Å². The molecule has 0 saturated carbocycles. The molecule has 1 atom stereocenters. The van der Waals surface area contributed by atoms with Crippen molar-refractivity contribution in [3.05, 3.63) is 130 Å². The van der Waals surface area contributed by atoms with Gasteiger partial charge < -0.3 is 4.90 Å². The summed E-state index contributed by atoms with van der Waals surface area (Å²) in [5, 5.41) is 0. The Labute approximate surface area is 197 Å². The molecule has 6 rings (SSSR count). The Hall–Kier alpha value is -3.32. The van der Waals surface area contributed by atoms with E-state index >= 15 is 0 Å². The lowest BCUT2D eigenvalue weighted by Gasteiger charge is -2.41. The van der Waals surface area contributed by atoms with Gasteiger partial charge >= 0.3 is 0 Å². The van der Waals surface area contributed by atoms with Crippen LogP contribution in [0.15, 0.2) is 130 Å². The molecule has 4 aliphatic rings. The Balaban J connectivity index is 1.42. The summed E-state index contributed by atoms with van der Waals surface area (Å²) in [4.78, 5) is 2.40. The monoisotopic (exact) mass is 429 g/mol. The fourth-order valence-corrected chi connectivity index (χ4v) is 5.91. The van der Waals surface area contributed by atoms with Crippen molar-refractivity contribution < 1.29 is 0 Å². The standard InChI is InChI=1S/C32H31N/c1-2-3-10-23-19-24-15-17-26-21-30(22-27-18-16-25(20-23)31(24)32(26)27)33(28-11-6-4-7-12-28)29-13-8-5-9-14-29/h4-9,11-15,17,20-22,32H,2-3,10,16,18-19H2,1H3. The van der Waals surface area contributed by atoms with Crippen molar-refractivity contribution in [1.82, 2.24) is 0 Å². The number of hydrogen-bond donors (Lipinski definition) is 0. The van der Waals surface area contributed by atoms with Gasteiger partial charge in [0.1, 0.15) is 0 Å². The largest absolute Gasteiger partial charge is 0.310 e. The first-order valence-electron chi connectivity index (χ1n) is 12.5. The van der Waals surface area contributed by atoms with Crippen molar-refractivity contribution in [2.24, 2.45) is 5.92 Å². The Bertz CT molecular complexity index is 1210. The number of rotatable bonds is 6. The molecule has 1 unspecified atom stereocenters. The van der Waals surface area contributed by atoms with Crippen LogP contribution in [0.3, 0.4) is 0 Å². The van der Waals surface area contributed by atoms with E-state index in [1.807, 2.05) is 0 Å². The number of anilines is 2. The van der Waals surface area contributed by atoms with E-state index in [2.05, 4.69) is 103 Å². The van der Waals surface area contributed by atoms with Gasteiger partial charge in [-0.1, -0.05) is 79.1 Å². The van der Waals surface area contributed by atoms with Gasteiger partial charge in [-0.2, -0.15) is 0 Å². The molecular weight excluding hydrogens is 398 g/mol. The van der Waals surface area contributed by atoms with E-state index in [9.17, 15) is 0 Å². The molecule has 2 aromatic rings. The Morgan fingerprint density at radius 3 is 2.24 bits per heavy atom. The first kappa shape index (κ1) is 20.3. The summed E-state index contributed by atoms with van der Waals surface area (Å²) in [6.45, 7) is 2.29. The van der Waals surface area contributed by atoms with E-state index in [0.717, 1.165) is 12.8 Å². The summed E-state index contributed by atoms with van der Waals surface area (Å²) in [5.41, 5.74) is 13.1. The molecular formula is C32H31N. The van der Waals surface area contributed by atoms with Crippen molar-refractivity contribution in [2.45, 2.75) is 45.4 Å². The molecule has 0 spiro atoms. The zero-order chi connectivity index (χ0) is 22.2. The van der Waals surface area contributed by atoms with E-state index in [1.165, 1.54) is 48.3 Å². The normalized spacial score (nSPS) is 20.8. The second kappa shape index (κ2) is 8.56. The molecule has 4 aliphatic carbocycles. The predicted octanol–water partition coefficient (Wildman–Crippen LogP) is 8.74. The predicted molar refractivity (Wildman–Crippen MR) is 139 cm³/mol. The number of allylic oxidation sites excluding steroid dienone is 11. The molecule has 0 bridgehead atoms. The molecule has 0 amide bonds. The zero-order valence-corrected chi connectivity index (χ0v) is 19.4. The van der Waals surface area contributed by atoms with Crippen molar-refractivity contribution in [2.75, 3.05) is 4.90 Å². The third-order valence-corrected chi connectivity index (χ3v) is 7.43. The van der Waals surface area contributed by atoms with Crippen LogP contribution in [0.5, 0.6) is 0 Å². The molecule has 0 fully saturated rings. The van der Waals surface area contributed by atoms with Gasteiger partial charge in [0.2, 0.25) is 0 Å². The highest BCUT2D eigenvalue weighted by Crippen LogP contribution is 2.52. The van der Waals surface area contributed by atoms with Crippen molar-refractivity contribution in [1.29, 1.82) is 0 Å². The van der Waals surface area contributed by atoms with Gasteiger partial charge in [-0.05, 0) is 90.8 Å². The van der Waals surface area contributed by atoms with Gasteiger partial charge in [-0.3, -0.25) is 0 Å². The Kier molecular flexibility index (Phi) is 5.26. The zero-order valence-electron chi connectivity index (χ0n) is 19.4. The highest BCUT2D eigenvalue weighted by molar-refractivity contribution is 5.73. The fraction of sp³-hybridized carbons (Fsp3) is 0.250. The summed E-state index contributed by atoms with van der Waals surface area (Å²) in [7, 11) is 0. The minimum absolute atomic E-state index is 0.454. The van der Waals surface area contributed by atoms with Gasteiger partial charge in [-0.25, -0.2) is 0 Å². The van der Waals surface area contributed by atoms with Crippen molar-refractivity contribution in [3.8, 4) is 0 Å². The number of hydrogen-bond acceptors (Lipinski definition) is 1. The van der Waals surface area contributed by atoms with Gasteiger partial charge in [-0.15, -0.1) is 0 Å². The molecule has 2 aromatic carbocycles. The summed E-state index contributed by atoms with van der Waals surface area (Å²) in [6.07, 6.45) is 19.6. The SMILES string of the molecule is CCCCC1=CC2=C3C(=CC=C4C=C(N(c5ccccc5)c5ccccc5)C=C(CC2)C43)C1. The molecule has 0 heterocycles. The first-order chi connectivity index (χ1) is 16.3. The van der Waals surface area contributed by atoms with Crippen molar-refractivity contribution in [3.63, 3.8) is 0 Å². The van der Waals surface area contributed by atoms with Crippen molar-refractivity contribution >= 4 is 11.4 Å². The van der Waals surface area contributed by atoms with E-state index < -0.39 is 0 Å². The molecule has 0 aliphatic heterocycles. The maximum Gasteiger partial charge on any atom is 0.0464 e. The fourth-order valence-electron chi connectivity index (χ4n) is 5.91. The lowest BCUT2D eigenvalue weighted by atomic mass is 9.65. The van der Waals surface area contributed by atoms with Crippen LogP contribution in [0, 0.1) is 5.92 Å². The lowest BCUT2D eigenvalue weighted by Crippen LogP contribution is -2.27. The average Bonchev–Trinajstić information content (AvgIpc) is 2.87.